The molecule has 0 aliphatic heterocycles. The number of nitrogens with one attached hydrogen (secondary N) is 1. The topological polar surface area (TPSA) is 90.3 Å². The van der Waals surface area contributed by atoms with Gasteiger partial charge in [0.05, 0.1) is 18.7 Å². The number of aryl methyl sites for hydroxylation is 1. The molecule has 1 N–H and O–H groups in total. The van der Waals surface area contributed by atoms with Crippen LogP contribution in [0, 0.1) is 6.92 Å². The molecule has 23 heavy (non-hydrogen) atoms. The maximum absolute atomic E-state index is 12.0. The lowest BCUT2D eigenvalue weighted by atomic mass is 10.3. The number of esters is 1. The van der Waals surface area contributed by atoms with E-state index in [2.05, 4.69) is 10.3 Å². The van der Waals surface area contributed by atoms with Crippen molar-refractivity contribution < 1.29 is 14.3 Å². The highest BCUT2D eigenvalue weighted by molar-refractivity contribution is 7.13. The lowest BCUT2D eigenvalue weighted by Gasteiger charge is -2.05. The first-order valence-corrected chi connectivity index (χ1v) is 7.93. The summed E-state index contributed by atoms with van der Waals surface area (Å²) in [6.07, 6.45) is 1.63. The van der Waals surface area contributed by atoms with Crippen LogP contribution in [0.2, 0.25) is 0 Å². The minimum atomic E-state index is -0.359. The van der Waals surface area contributed by atoms with Gasteiger partial charge in [0.15, 0.2) is 5.13 Å². The van der Waals surface area contributed by atoms with Crippen molar-refractivity contribution in [2.45, 2.75) is 26.8 Å². The summed E-state index contributed by atoms with van der Waals surface area (Å²) in [6.45, 7) is 3.65. The molecule has 0 radical (unpaired) electrons. The van der Waals surface area contributed by atoms with E-state index in [4.69, 9.17) is 4.74 Å². The number of hydrogen-bond donors (Lipinski definition) is 1. The minimum Gasteiger partial charge on any atom is -0.466 e. The Morgan fingerprint density at radius 3 is 2.96 bits per heavy atom. The lowest BCUT2D eigenvalue weighted by Crippen LogP contribution is -2.28. The summed E-state index contributed by atoms with van der Waals surface area (Å²) in [6, 6.07) is 3.41. The van der Waals surface area contributed by atoms with E-state index in [1.807, 2.05) is 0 Å². The second kappa shape index (κ2) is 7.68. The third-order valence-electron chi connectivity index (χ3n) is 2.95. The van der Waals surface area contributed by atoms with Crippen LogP contribution >= 0.6 is 11.3 Å². The molecule has 7 nitrogen and oxygen atoms in total. The predicted octanol–water partition coefficient (Wildman–Crippen LogP) is 1.36. The number of carbonyl (C=O) groups is 2. The Hall–Kier alpha value is -2.48. The molecule has 2 rings (SSSR count). The summed E-state index contributed by atoms with van der Waals surface area (Å²) in [5.41, 5.74) is 0.910. The third kappa shape index (κ3) is 4.75. The molecule has 0 saturated carbocycles. The van der Waals surface area contributed by atoms with Crippen LogP contribution in [0.1, 0.15) is 18.2 Å². The zero-order chi connectivity index (χ0) is 16.8. The SMILES string of the molecule is CCOC(=O)Cc1csc(NC(=O)Cn2cccc(C)c2=O)n1. The molecule has 1 amide bonds. The predicted molar refractivity (Wildman–Crippen MR) is 86.5 cm³/mol. The van der Waals surface area contributed by atoms with Gasteiger partial charge in [-0.2, -0.15) is 0 Å². The first-order valence-electron chi connectivity index (χ1n) is 7.05. The Labute approximate surface area is 136 Å². The molecule has 122 valence electrons. The number of amides is 1. The number of thiazole rings is 1. The van der Waals surface area contributed by atoms with Crippen LogP contribution in [-0.4, -0.2) is 28.0 Å². The molecular weight excluding hydrogens is 318 g/mol. The number of anilines is 1. The van der Waals surface area contributed by atoms with Crippen molar-refractivity contribution in [2.24, 2.45) is 0 Å². The normalized spacial score (nSPS) is 10.3. The largest absolute Gasteiger partial charge is 0.466 e. The highest BCUT2D eigenvalue weighted by Crippen LogP contribution is 2.16. The van der Waals surface area contributed by atoms with Gasteiger partial charge in [0.2, 0.25) is 5.91 Å². The Bertz CT molecular complexity index is 766. The molecule has 0 aromatic carbocycles. The Kier molecular flexibility index (Phi) is 5.64. The van der Waals surface area contributed by atoms with E-state index < -0.39 is 0 Å². The molecule has 0 bridgehead atoms. The summed E-state index contributed by atoms with van der Waals surface area (Å²) in [4.78, 5) is 39.4. The molecule has 2 aromatic heterocycles. The van der Waals surface area contributed by atoms with Crippen LogP contribution in [0.4, 0.5) is 5.13 Å². The lowest BCUT2D eigenvalue weighted by molar-refractivity contribution is -0.142. The van der Waals surface area contributed by atoms with Gasteiger partial charge in [0, 0.05) is 17.1 Å². The monoisotopic (exact) mass is 335 g/mol. The fourth-order valence-corrected chi connectivity index (χ4v) is 2.63. The van der Waals surface area contributed by atoms with E-state index in [0.29, 0.717) is 23.0 Å². The number of nitrogens with zero attached hydrogens (tertiary/aromatic N) is 2. The highest BCUT2D eigenvalue weighted by Gasteiger charge is 2.11. The van der Waals surface area contributed by atoms with Crippen LogP contribution < -0.4 is 10.9 Å². The molecule has 0 fully saturated rings. The number of rotatable bonds is 6. The van der Waals surface area contributed by atoms with Gasteiger partial charge in [-0.05, 0) is 19.9 Å². The molecule has 2 aromatic rings. The molecule has 0 atom stereocenters. The third-order valence-corrected chi connectivity index (χ3v) is 3.76. The van der Waals surface area contributed by atoms with E-state index in [1.165, 1.54) is 15.9 Å². The quantitative estimate of drug-likeness (QED) is 0.805. The number of hydrogen-bond acceptors (Lipinski definition) is 6. The van der Waals surface area contributed by atoms with Crippen molar-refractivity contribution in [2.75, 3.05) is 11.9 Å². The molecular formula is C15H17N3O4S. The Morgan fingerprint density at radius 1 is 1.43 bits per heavy atom. The fraction of sp³-hybridized carbons (Fsp3) is 0.333. The number of aromatic nitrogens is 2. The van der Waals surface area contributed by atoms with Crippen molar-refractivity contribution in [1.29, 1.82) is 0 Å². The molecule has 0 saturated heterocycles. The van der Waals surface area contributed by atoms with Gasteiger partial charge < -0.3 is 14.6 Å². The van der Waals surface area contributed by atoms with Crippen LogP contribution in [0.15, 0.2) is 28.5 Å². The van der Waals surface area contributed by atoms with E-state index >= 15 is 0 Å². The van der Waals surface area contributed by atoms with Gasteiger partial charge in [-0.3, -0.25) is 14.4 Å². The van der Waals surface area contributed by atoms with Crippen LogP contribution in [0.3, 0.4) is 0 Å². The van der Waals surface area contributed by atoms with Crippen molar-refractivity contribution in [1.82, 2.24) is 9.55 Å². The molecule has 0 spiro atoms. The summed E-state index contributed by atoms with van der Waals surface area (Å²) < 4.78 is 6.17. The van der Waals surface area contributed by atoms with E-state index in [1.54, 1.807) is 37.6 Å². The van der Waals surface area contributed by atoms with E-state index in [9.17, 15) is 14.4 Å². The first kappa shape index (κ1) is 16.9. The molecule has 0 aliphatic carbocycles. The van der Waals surface area contributed by atoms with Crippen molar-refractivity contribution in [3.63, 3.8) is 0 Å². The maximum atomic E-state index is 12.0. The van der Waals surface area contributed by atoms with Crippen molar-refractivity contribution in [3.8, 4) is 0 Å². The highest BCUT2D eigenvalue weighted by atomic mass is 32.1. The Balaban J connectivity index is 1.96. The maximum Gasteiger partial charge on any atom is 0.311 e. The number of ether oxygens (including phenoxy) is 1. The zero-order valence-corrected chi connectivity index (χ0v) is 13.7. The zero-order valence-electron chi connectivity index (χ0n) is 12.9. The van der Waals surface area contributed by atoms with E-state index in [0.717, 1.165) is 0 Å². The van der Waals surface area contributed by atoms with Gasteiger partial charge >= 0.3 is 5.97 Å². The van der Waals surface area contributed by atoms with E-state index in [-0.39, 0.29) is 30.4 Å². The average molecular weight is 335 g/mol. The molecule has 0 unspecified atom stereocenters. The van der Waals surface area contributed by atoms with Crippen LogP contribution in [0.5, 0.6) is 0 Å². The van der Waals surface area contributed by atoms with Gasteiger partial charge in [0.25, 0.3) is 5.56 Å². The Morgan fingerprint density at radius 2 is 2.22 bits per heavy atom. The van der Waals surface area contributed by atoms with Crippen molar-refractivity contribution in [3.05, 3.63) is 45.3 Å². The second-order valence-corrected chi connectivity index (χ2v) is 5.66. The number of carbonyl (C=O) groups excluding carboxylic acids is 2. The summed E-state index contributed by atoms with van der Waals surface area (Å²) >= 11 is 1.22. The molecule has 2 heterocycles. The fourth-order valence-electron chi connectivity index (χ4n) is 1.90. The standard InChI is InChI=1S/C15H17N3O4S/c1-3-22-13(20)7-11-9-23-15(16-11)17-12(19)8-18-6-4-5-10(2)14(18)21/h4-6,9H,3,7-8H2,1-2H3,(H,16,17,19). The van der Waals surface area contributed by atoms with Gasteiger partial charge in [0.1, 0.15) is 6.54 Å². The molecule has 0 aliphatic rings. The minimum absolute atomic E-state index is 0.0670. The second-order valence-electron chi connectivity index (χ2n) is 4.80. The van der Waals surface area contributed by atoms with Crippen LogP contribution in [-0.2, 0) is 27.3 Å². The summed E-state index contributed by atoms with van der Waals surface area (Å²) in [7, 11) is 0. The summed E-state index contributed by atoms with van der Waals surface area (Å²) in [5, 5.41) is 4.69. The van der Waals surface area contributed by atoms with Crippen molar-refractivity contribution >= 4 is 28.3 Å². The van der Waals surface area contributed by atoms with Gasteiger partial charge in [-0.1, -0.05) is 6.07 Å². The van der Waals surface area contributed by atoms with Gasteiger partial charge in [-0.15, -0.1) is 11.3 Å². The average Bonchev–Trinajstić information content (AvgIpc) is 2.91. The number of pyridine rings is 1. The smallest absolute Gasteiger partial charge is 0.311 e. The first-order chi connectivity index (χ1) is 11.0. The summed E-state index contributed by atoms with van der Waals surface area (Å²) in [5.74, 6) is -0.711. The van der Waals surface area contributed by atoms with Crippen LogP contribution in [0.25, 0.3) is 0 Å². The van der Waals surface area contributed by atoms with Gasteiger partial charge in [-0.25, -0.2) is 4.98 Å². The molecule has 8 heteroatoms.